The molecule has 2 aromatic rings. The minimum atomic E-state index is -0.0798. The summed E-state index contributed by atoms with van der Waals surface area (Å²) < 4.78 is 0. The van der Waals surface area contributed by atoms with Crippen molar-refractivity contribution in [3.8, 4) is 0 Å². The molecule has 2 amide bonds. The van der Waals surface area contributed by atoms with E-state index in [0.717, 1.165) is 44.1 Å². The Labute approximate surface area is 225 Å². The lowest BCUT2D eigenvalue weighted by atomic mass is 9.90. The summed E-state index contributed by atoms with van der Waals surface area (Å²) in [5, 5.41) is 0.944. The molecule has 2 aromatic carbocycles. The van der Waals surface area contributed by atoms with Crippen molar-refractivity contribution in [3.05, 3.63) is 64.1 Å². The van der Waals surface area contributed by atoms with E-state index in [1.807, 2.05) is 15.9 Å². The molecule has 194 valence electrons. The fourth-order valence-electron chi connectivity index (χ4n) is 5.50. The van der Waals surface area contributed by atoms with Crippen molar-refractivity contribution in [3.63, 3.8) is 0 Å². The van der Waals surface area contributed by atoms with Crippen molar-refractivity contribution in [2.24, 2.45) is 11.8 Å². The second-order valence-electron chi connectivity index (χ2n) is 10.2. The number of carbonyl (C=O) groups is 2. The van der Waals surface area contributed by atoms with Crippen LogP contribution in [0.5, 0.6) is 0 Å². The largest absolute Gasteiger partial charge is 0.343 e. The van der Waals surface area contributed by atoms with Crippen LogP contribution in [-0.2, 0) is 16.0 Å². The molecular formula is C29H37Cl2N3O2. The van der Waals surface area contributed by atoms with Crippen LogP contribution >= 0.6 is 23.2 Å². The van der Waals surface area contributed by atoms with Gasteiger partial charge in [-0.1, -0.05) is 53.5 Å². The van der Waals surface area contributed by atoms with Crippen LogP contribution in [0.25, 0.3) is 0 Å². The summed E-state index contributed by atoms with van der Waals surface area (Å²) in [4.78, 5) is 31.6. The number of amides is 2. The first-order chi connectivity index (χ1) is 17.4. The summed E-state index contributed by atoms with van der Waals surface area (Å²) in [6, 6.07) is 16.2. The van der Waals surface area contributed by atoms with E-state index in [2.05, 4.69) is 35.2 Å². The predicted octanol–water partition coefficient (Wildman–Crippen LogP) is 5.93. The van der Waals surface area contributed by atoms with Crippen LogP contribution in [0.4, 0.5) is 5.69 Å². The van der Waals surface area contributed by atoms with Crippen LogP contribution in [0.1, 0.15) is 44.6 Å². The van der Waals surface area contributed by atoms with Gasteiger partial charge in [-0.2, -0.15) is 0 Å². The normalized spacial score (nSPS) is 17.8. The van der Waals surface area contributed by atoms with Gasteiger partial charge in [-0.15, -0.1) is 0 Å². The number of benzene rings is 2. The lowest BCUT2D eigenvalue weighted by Crippen LogP contribution is -2.45. The Morgan fingerprint density at radius 2 is 1.61 bits per heavy atom. The first-order valence-corrected chi connectivity index (χ1v) is 13.9. The molecule has 0 N–H and O–H groups in total. The minimum Gasteiger partial charge on any atom is -0.343 e. The Morgan fingerprint density at radius 1 is 0.917 bits per heavy atom. The number of nitrogens with zero attached hydrogens (tertiary/aromatic N) is 3. The molecule has 2 aliphatic heterocycles. The number of hydrogen-bond donors (Lipinski definition) is 0. The summed E-state index contributed by atoms with van der Waals surface area (Å²) in [6.45, 7) is 6.72. The zero-order valence-electron chi connectivity index (χ0n) is 21.2. The highest BCUT2D eigenvalue weighted by molar-refractivity contribution is 6.42. The van der Waals surface area contributed by atoms with Gasteiger partial charge >= 0.3 is 0 Å². The number of rotatable bonds is 8. The topological polar surface area (TPSA) is 43.9 Å². The highest BCUT2D eigenvalue weighted by Crippen LogP contribution is 2.30. The molecular weight excluding hydrogens is 493 g/mol. The molecule has 2 saturated heterocycles. The van der Waals surface area contributed by atoms with Gasteiger partial charge in [-0.25, -0.2) is 0 Å². The van der Waals surface area contributed by atoms with Crippen molar-refractivity contribution < 1.29 is 9.59 Å². The van der Waals surface area contributed by atoms with Gasteiger partial charge in [0.25, 0.3) is 0 Å². The quantitative estimate of drug-likeness (QED) is 0.425. The van der Waals surface area contributed by atoms with E-state index in [4.69, 9.17) is 23.2 Å². The van der Waals surface area contributed by atoms with Crippen molar-refractivity contribution in [2.45, 2.75) is 45.4 Å². The second-order valence-corrected chi connectivity index (χ2v) is 11.0. The Morgan fingerprint density at radius 3 is 2.25 bits per heavy atom. The Kier molecular flexibility index (Phi) is 9.69. The zero-order chi connectivity index (χ0) is 25.5. The van der Waals surface area contributed by atoms with Gasteiger partial charge in [0.05, 0.1) is 10.0 Å². The third-order valence-electron chi connectivity index (χ3n) is 7.70. The molecule has 0 radical (unpaired) electrons. The summed E-state index contributed by atoms with van der Waals surface area (Å²) in [7, 11) is 0. The van der Waals surface area contributed by atoms with Crippen molar-refractivity contribution >= 4 is 40.7 Å². The number of hydrogen-bond acceptors (Lipinski definition) is 3. The first-order valence-electron chi connectivity index (χ1n) is 13.2. The highest BCUT2D eigenvalue weighted by Gasteiger charge is 2.30. The number of likely N-dealkylation sites (tertiary alicyclic amines) is 2. The van der Waals surface area contributed by atoms with Crippen molar-refractivity contribution in [1.82, 2.24) is 9.80 Å². The van der Waals surface area contributed by atoms with Gasteiger partial charge in [0.15, 0.2) is 0 Å². The Bertz CT molecular complexity index is 1020. The maximum absolute atomic E-state index is 13.6. The van der Waals surface area contributed by atoms with Gasteiger partial charge in [0.1, 0.15) is 0 Å². The van der Waals surface area contributed by atoms with E-state index in [1.54, 1.807) is 19.1 Å². The number of piperidine rings is 2. The van der Waals surface area contributed by atoms with Crippen LogP contribution in [0.2, 0.25) is 10.0 Å². The van der Waals surface area contributed by atoms with Crippen molar-refractivity contribution in [2.75, 3.05) is 44.2 Å². The highest BCUT2D eigenvalue weighted by atomic mass is 35.5. The molecule has 7 heteroatoms. The molecule has 0 aromatic heterocycles. The zero-order valence-corrected chi connectivity index (χ0v) is 22.7. The molecule has 0 atom stereocenters. The van der Waals surface area contributed by atoms with Crippen LogP contribution in [0.15, 0.2) is 48.5 Å². The van der Waals surface area contributed by atoms with Gasteiger partial charge in [0.2, 0.25) is 11.8 Å². The summed E-state index contributed by atoms with van der Waals surface area (Å²) >= 11 is 12.5. The van der Waals surface area contributed by atoms with Gasteiger partial charge in [0, 0.05) is 38.2 Å². The summed E-state index contributed by atoms with van der Waals surface area (Å²) in [5.74, 6) is 0.871. The average Bonchev–Trinajstić information content (AvgIpc) is 2.89. The molecule has 2 fully saturated rings. The van der Waals surface area contributed by atoms with E-state index in [9.17, 15) is 9.59 Å². The maximum Gasteiger partial charge on any atom is 0.230 e. The predicted molar refractivity (Wildman–Crippen MR) is 148 cm³/mol. The first kappa shape index (κ1) is 27.0. The number of anilines is 1. The molecule has 2 heterocycles. The van der Waals surface area contributed by atoms with E-state index < -0.39 is 0 Å². The van der Waals surface area contributed by atoms with E-state index in [0.29, 0.717) is 42.5 Å². The minimum absolute atomic E-state index is 0.0785. The monoisotopic (exact) mass is 529 g/mol. The average molecular weight is 531 g/mol. The van der Waals surface area contributed by atoms with Crippen molar-refractivity contribution in [1.29, 1.82) is 0 Å². The molecule has 0 spiro atoms. The third kappa shape index (κ3) is 7.24. The Hall–Kier alpha value is -2.08. The molecule has 0 bridgehead atoms. The van der Waals surface area contributed by atoms with E-state index >= 15 is 0 Å². The molecule has 0 aliphatic carbocycles. The number of carbonyl (C=O) groups excluding carboxylic acids is 2. The number of halogens is 2. The molecule has 2 aliphatic rings. The molecule has 36 heavy (non-hydrogen) atoms. The standard InChI is InChI=1S/C29H37Cl2N3O2/c1-22(35)33-18-12-25(13-19-33)29(36)34(26-8-9-27(30)28(31)21-26)15-5-14-32-16-10-24(11-17-32)20-23-6-3-2-4-7-23/h2-4,6-9,21,24-25H,5,10-20H2,1H3. The van der Waals surface area contributed by atoms with Gasteiger partial charge in [-0.05, 0) is 87.8 Å². The third-order valence-corrected chi connectivity index (χ3v) is 8.44. The van der Waals surface area contributed by atoms with Gasteiger partial charge in [-0.3, -0.25) is 9.59 Å². The SMILES string of the molecule is CC(=O)N1CCC(C(=O)N(CCCN2CCC(Cc3ccccc3)CC2)c2ccc(Cl)c(Cl)c2)CC1. The van der Waals surface area contributed by atoms with Crippen LogP contribution < -0.4 is 4.90 Å². The maximum atomic E-state index is 13.6. The summed E-state index contributed by atoms with van der Waals surface area (Å²) in [5.41, 5.74) is 2.23. The lowest BCUT2D eigenvalue weighted by Gasteiger charge is -2.35. The smallest absolute Gasteiger partial charge is 0.230 e. The Balaban J connectivity index is 1.31. The fraction of sp³-hybridized carbons (Fsp3) is 0.517. The van der Waals surface area contributed by atoms with Crippen LogP contribution in [0, 0.1) is 11.8 Å². The van der Waals surface area contributed by atoms with Gasteiger partial charge < -0.3 is 14.7 Å². The second kappa shape index (κ2) is 12.9. The molecule has 0 saturated carbocycles. The van der Waals surface area contributed by atoms with Crippen LogP contribution in [0.3, 0.4) is 0 Å². The van der Waals surface area contributed by atoms with Crippen LogP contribution in [-0.4, -0.2) is 60.9 Å². The lowest BCUT2D eigenvalue weighted by molar-refractivity contribution is -0.133. The van der Waals surface area contributed by atoms with E-state index in [1.165, 1.54) is 18.4 Å². The molecule has 0 unspecified atom stereocenters. The molecule has 5 nitrogen and oxygen atoms in total. The fourth-order valence-corrected chi connectivity index (χ4v) is 5.79. The summed E-state index contributed by atoms with van der Waals surface area (Å²) in [6.07, 6.45) is 5.91. The molecule has 4 rings (SSSR count). The van der Waals surface area contributed by atoms with E-state index in [-0.39, 0.29) is 17.7 Å².